The van der Waals surface area contributed by atoms with Gasteiger partial charge in [0, 0.05) is 11.6 Å². The minimum atomic E-state index is -4.56. The standard InChI is InChI=1S/C19H21F3N2O4/c1-3-5-9-28-17-11-15(18(26)27-4-2)24(23-17)12-16(25)13-7-6-8-14(10-13)19(20,21)22/h6-8,10-11H,3-5,9,12H2,1-2H3. The van der Waals surface area contributed by atoms with Crippen LogP contribution in [0.5, 0.6) is 5.88 Å². The Morgan fingerprint density at radius 3 is 2.57 bits per heavy atom. The molecule has 0 unspecified atom stereocenters. The van der Waals surface area contributed by atoms with Gasteiger partial charge in [0.25, 0.3) is 0 Å². The first-order valence-electron chi connectivity index (χ1n) is 8.84. The van der Waals surface area contributed by atoms with E-state index in [1.54, 1.807) is 6.92 Å². The minimum Gasteiger partial charge on any atom is -0.477 e. The fourth-order valence-corrected chi connectivity index (χ4v) is 2.37. The summed E-state index contributed by atoms with van der Waals surface area (Å²) in [7, 11) is 0. The van der Waals surface area contributed by atoms with Crippen molar-refractivity contribution in [1.82, 2.24) is 9.78 Å². The zero-order valence-electron chi connectivity index (χ0n) is 15.6. The Bertz CT molecular complexity index is 831. The van der Waals surface area contributed by atoms with Crippen molar-refractivity contribution in [3.63, 3.8) is 0 Å². The molecule has 0 aliphatic heterocycles. The summed E-state index contributed by atoms with van der Waals surface area (Å²) in [6.07, 6.45) is -2.87. The largest absolute Gasteiger partial charge is 0.477 e. The molecule has 152 valence electrons. The van der Waals surface area contributed by atoms with E-state index in [1.807, 2.05) is 6.92 Å². The van der Waals surface area contributed by atoms with Crippen LogP contribution in [0.25, 0.3) is 0 Å². The first-order chi connectivity index (χ1) is 13.3. The lowest BCUT2D eigenvalue weighted by Crippen LogP contribution is -2.19. The first-order valence-corrected chi connectivity index (χ1v) is 8.84. The van der Waals surface area contributed by atoms with Crippen molar-refractivity contribution in [2.75, 3.05) is 13.2 Å². The number of hydrogen-bond acceptors (Lipinski definition) is 5. The van der Waals surface area contributed by atoms with Crippen LogP contribution in [0.3, 0.4) is 0 Å². The number of benzene rings is 1. The van der Waals surface area contributed by atoms with Gasteiger partial charge in [0.1, 0.15) is 6.54 Å². The van der Waals surface area contributed by atoms with Gasteiger partial charge >= 0.3 is 12.1 Å². The van der Waals surface area contributed by atoms with E-state index >= 15 is 0 Å². The molecular formula is C19H21F3N2O4. The highest BCUT2D eigenvalue weighted by Crippen LogP contribution is 2.29. The predicted molar refractivity (Wildman–Crippen MR) is 94.4 cm³/mol. The van der Waals surface area contributed by atoms with Crippen molar-refractivity contribution in [3.05, 3.63) is 47.2 Å². The summed E-state index contributed by atoms with van der Waals surface area (Å²) in [4.78, 5) is 24.6. The molecule has 0 radical (unpaired) electrons. The molecule has 2 rings (SSSR count). The Labute approximate surface area is 160 Å². The molecule has 1 aromatic heterocycles. The second kappa shape index (κ2) is 9.38. The van der Waals surface area contributed by atoms with Crippen LogP contribution in [0.2, 0.25) is 0 Å². The van der Waals surface area contributed by atoms with Gasteiger partial charge < -0.3 is 9.47 Å². The molecule has 0 amide bonds. The van der Waals surface area contributed by atoms with Crippen molar-refractivity contribution in [1.29, 1.82) is 0 Å². The van der Waals surface area contributed by atoms with E-state index in [1.165, 1.54) is 12.1 Å². The topological polar surface area (TPSA) is 70.4 Å². The van der Waals surface area contributed by atoms with Crippen LogP contribution in [-0.2, 0) is 17.5 Å². The van der Waals surface area contributed by atoms with Crippen LogP contribution in [0.15, 0.2) is 30.3 Å². The molecule has 0 bridgehead atoms. The summed E-state index contributed by atoms with van der Waals surface area (Å²) in [6.45, 7) is 3.70. The number of alkyl halides is 3. The number of halogens is 3. The minimum absolute atomic E-state index is 0.00586. The molecule has 0 saturated heterocycles. The van der Waals surface area contributed by atoms with Crippen molar-refractivity contribution in [2.45, 2.75) is 39.4 Å². The maximum Gasteiger partial charge on any atom is 0.416 e. The lowest BCUT2D eigenvalue weighted by atomic mass is 10.1. The average Bonchev–Trinajstić information content (AvgIpc) is 3.04. The van der Waals surface area contributed by atoms with E-state index in [0.29, 0.717) is 6.61 Å². The third kappa shape index (κ3) is 5.58. The number of ketones is 1. The summed E-state index contributed by atoms with van der Waals surface area (Å²) < 4.78 is 50.0. The van der Waals surface area contributed by atoms with Gasteiger partial charge in [-0.15, -0.1) is 5.10 Å². The summed E-state index contributed by atoms with van der Waals surface area (Å²) in [5.74, 6) is -1.18. The van der Waals surface area contributed by atoms with Crippen LogP contribution in [0.4, 0.5) is 13.2 Å². The summed E-state index contributed by atoms with van der Waals surface area (Å²) in [6, 6.07) is 5.45. The van der Waals surface area contributed by atoms with Crippen LogP contribution in [-0.4, -0.2) is 34.7 Å². The number of nitrogens with zero attached hydrogens (tertiary/aromatic N) is 2. The number of Topliss-reactive ketones (excluding diaryl/α,β-unsaturated/α-hetero) is 1. The third-order valence-corrected chi connectivity index (χ3v) is 3.80. The second-order valence-corrected chi connectivity index (χ2v) is 5.95. The molecule has 0 fully saturated rings. The van der Waals surface area contributed by atoms with Crippen molar-refractivity contribution >= 4 is 11.8 Å². The number of carbonyl (C=O) groups is 2. The van der Waals surface area contributed by atoms with Gasteiger partial charge in [0.2, 0.25) is 5.88 Å². The van der Waals surface area contributed by atoms with Crippen LogP contribution < -0.4 is 4.74 Å². The number of carbonyl (C=O) groups excluding carboxylic acids is 2. The van der Waals surface area contributed by atoms with E-state index in [2.05, 4.69) is 5.10 Å². The first kappa shape index (κ1) is 21.5. The molecule has 9 heteroatoms. The zero-order chi connectivity index (χ0) is 20.7. The monoisotopic (exact) mass is 398 g/mol. The Morgan fingerprint density at radius 1 is 1.18 bits per heavy atom. The summed E-state index contributed by atoms with van der Waals surface area (Å²) >= 11 is 0. The maximum absolute atomic E-state index is 12.9. The van der Waals surface area contributed by atoms with Crippen molar-refractivity contribution in [3.8, 4) is 5.88 Å². The normalized spacial score (nSPS) is 11.3. The summed E-state index contributed by atoms with van der Waals surface area (Å²) in [5.41, 5.74) is -1.06. The van der Waals surface area contributed by atoms with Gasteiger partial charge in [-0.05, 0) is 25.5 Å². The van der Waals surface area contributed by atoms with E-state index in [0.717, 1.165) is 35.7 Å². The van der Waals surface area contributed by atoms with Gasteiger partial charge in [0.05, 0.1) is 18.8 Å². The number of ether oxygens (including phenoxy) is 2. The highest BCUT2D eigenvalue weighted by Gasteiger charge is 2.31. The average molecular weight is 398 g/mol. The fraction of sp³-hybridized carbons (Fsp3) is 0.421. The molecular weight excluding hydrogens is 377 g/mol. The smallest absolute Gasteiger partial charge is 0.416 e. The SMILES string of the molecule is CCCCOc1cc(C(=O)OCC)n(CC(=O)c2cccc(C(F)(F)F)c2)n1. The lowest BCUT2D eigenvalue weighted by Gasteiger charge is -2.09. The number of rotatable bonds is 9. The Hall–Kier alpha value is -2.84. The predicted octanol–water partition coefficient (Wildman–Crippen LogP) is 4.14. The van der Waals surface area contributed by atoms with E-state index in [-0.39, 0.29) is 23.7 Å². The van der Waals surface area contributed by atoms with E-state index in [4.69, 9.17) is 9.47 Å². The highest BCUT2D eigenvalue weighted by molar-refractivity contribution is 5.97. The van der Waals surface area contributed by atoms with E-state index < -0.39 is 30.0 Å². The molecule has 0 saturated carbocycles. The molecule has 0 aliphatic rings. The molecule has 28 heavy (non-hydrogen) atoms. The second-order valence-electron chi connectivity index (χ2n) is 5.95. The molecule has 0 aliphatic carbocycles. The zero-order valence-corrected chi connectivity index (χ0v) is 15.6. The van der Waals surface area contributed by atoms with Gasteiger partial charge in [-0.25, -0.2) is 9.48 Å². The fourth-order valence-electron chi connectivity index (χ4n) is 2.37. The van der Waals surface area contributed by atoms with Crippen LogP contribution in [0, 0.1) is 0 Å². The summed E-state index contributed by atoms with van der Waals surface area (Å²) in [5, 5.41) is 4.07. The van der Waals surface area contributed by atoms with Crippen molar-refractivity contribution in [2.24, 2.45) is 0 Å². The Balaban J connectivity index is 2.25. The number of aromatic nitrogens is 2. The van der Waals surface area contributed by atoms with Crippen LogP contribution in [0.1, 0.15) is 53.1 Å². The highest BCUT2D eigenvalue weighted by atomic mass is 19.4. The quantitative estimate of drug-likeness (QED) is 0.361. The molecule has 1 heterocycles. The van der Waals surface area contributed by atoms with Crippen molar-refractivity contribution < 1.29 is 32.2 Å². The molecule has 1 aromatic carbocycles. The number of esters is 1. The Kier molecular flexibility index (Phi) is 7.19. The van der Waals surface area contributed by atoms with Gasteiger partial charge in [0.15, 0.2) is 11.5 Å². The van der Waals surface area contributed by atoms with E-state index in [9.17, 15) is 22.8 Å². The molecule has 0 spiro atoms. The van der Waals surface area contributed by atoms with Crippen LogP contribution >= 0.6 is 0 Å². The van der Waals surface area contributed by atoms with Gasteiger partial charge in [-0.3, -0.25) is 4.79 Å². The number of hydrogen-bond donors (Lipinski definition) is 0. The lowest BCUT2D eigenvalue weighted by molar-refractivity contribution is -0.137. The molecule has 6 nitrogen and oxygen atoms in total. The molecule has 0 N–H and O–H groups in total. The molecule has 2 aromatic rings. The van der Waals surface area contributed by atoms with Gasteiger partial charge in [-0.1, -0.05) is 25.5 Å². The van der Waals surface area contributed by atoms with Gasteiger partial charge in [-0.2, -0.15) is 13.2 Å². The maximum atomic E-state index is 12.9. The number of unbranched alkanes of at least 4 members (excludes halogenated alkanes) is 1. The Morgan fingerprint density at radius 2 is 1.93 bits per heavy atom. The molecule has 0 atom stereocenters. The third-order valence-electron chi connectivity index (χ3n) is 3.80.